The van der Waals surface area contributed by atoms with Crippen LogP contribution in [-0.4, -0.2) is 55.1 Å². The lowest BCUT2D eigenvalue weighted by Crippen LogP contribution is -2.43. The maximum absolute atomic E-state index is 11.1. The summed E-state index contributed by atoms with van der Waals surface area (Å²) in [4.78, 5) is 23.2. The molecule has 4 N–H and O–H groups in total. The van der Waals surface area contributed by atoms with Gasteiger partial charge in [-0.05, 0) is 0 Å². The Morgan fingerprint density at radius 2 is 2.15 bits per heavy atom. The molecule has 0 aromatic rings. The lowest BCUT2D eigenvalue weighted by Gasteiger charge is -2.14. The molecule has 0 radical (unpaired) electrons. The highest BCUT2D eigenvalue weighted by atomic mass is 16.3. The van der Waals surface area contributed by atoms with E-state index in [2.05, 4.69) is 5.32 Å². The summed E-state index contributed by atoms with van der Waals surface area (Å²) in [6, 6.07) is 0. The Bertz CT molecular complexity index is 184. The molecule has 6 heteroatoms. The number of likely N-dealkylation sites (N-methyl/N-ethyl adjacent to an activating group) is 1. The molecule has 0 saturated heterocycles. The van der Waals surface area contributed by atoms with Gasteiger partial charge in [-0.15, -0.1) is 0 Å². The minimum Gasteiger partial charge on any atom is -0.395 e. The van der Waals surface area contributed by atoms with Gasteiger partial charge in [0.25, 0.3) is 0 Å². The summed E-state index contributed by atoms with van der Waals surface area (Å²) in [6.07, 6.45) is 0. The highest BCUT2D eigenvalue weighted by Gasteiger charge is 2.16. The highest BCUT2D eigenvalue weighted by molar-refractivity contribution is 6.34. The number of rotatable bonds is 4. The zero-order valence-corrected chi connectivity index (χ0v) is 7.62. The van der Waals surface area contributed by atoms with Crippen molar-refractivity contribution in [2.24, 2.45) is 5.73 Å². The Kier molecular flexibility index (Phi) is 5.82. The van der Waals surface area contributed by atoms with E-state index in [4.69, 9.17) is 10.8 Å². The summed E-state index contributed by atoms with van der Waals surface area (Å²) >= 11 is 0. The van der Waals surface area contributed by atoms with Crippen molar-refractivity contribution in [3.05, 3.63) is 0 Å². The fraction of sp³-hybridized carbons (Fsp3) is 0.714. The first-order valence-corrected chi connectivity index (χ1v) is 3.97. The summed E-state index contributed by atoms with van der Waals surface area (Å²) in [5.74, 6) is -1.36. The van der Waals surface area contributed by atoms with Gasteiger partial charge in [-0.25, -0.2) is 0 Å². The molecule has 2 amide bonds. The smallest absolute Gasteiger partial charge is 0.311 e. The molecule has 0 bridgehead atoms. The second-order valence-corrected chi connectivity index (χ2v) is 2.49. The molecule has 0 aromatic carbocycles. The normalized spacial score (nSPS) is 9.46. The van der Waals surface area contributed by atoms with Crippen molar-refractivity contribution in [3.8, 4) is 0 Å². The molecule has 0 heterocycles. The molecule has 6 nitrogen and oxygen atoms in total. The Balaban J connectivity index is 3.87. The average molecular weight is 189 g/mol. The summed E-state index contributed by atoms with van der Waals surface area (Å²) < 4.78 is 0. The van der Waals surface area contributed by atoms with Crippen LogP contribution in [0.25, 0.3) is 0 Å². The van der Waals surface area contributed by atoms with E-state index in [1.807, 2.05) is 0 Å². The molecular weight excluding hydrogens is 174 g/mol. The van der Waals surface area contributed by atoms with Crippen LogP contribution in [0.4, 0.5) is 0 Å². The van der Waals surface area contributed by atoms with Crippen molar-refractivity contribution in [3.63, 3.8) is 0 Å². The lowest BCUT2D eigenvalue weighted by molar-refractivity contribution is -0.145. The van der Waals surface area contributed by atoms with Gasteiger partial charge < -0.3 is 21.1 Å². The van der Waals surface area contributed by atoms with Crippen molar-refractivity contribution in [2.75, 3.05) is 33.3 Å². The summed E-state index contributed by atoms with van der Waals surface area (Å²) in [5, 5.41) is 10.8. The minimum atomic E-state index is -0.693. The first-order chi connectivity index (χ1) is 6.13. The van der Waals surface area contributed by atoms with E-state index in [1.165, 1.54) is 7.05 Å². The topological polar surface area (TPSA) is 95.7 Å². The van der Waals surface area contributed by atoms with Crippen LogP contribution >= 0.6 is 0 Å². The number of aliphatic hydroxyl groups excluding tert-OH is 1. The van der Waals surface area contributed by atoms with Crippen LogP contribution in [0.1, 0.15) is 0 Å². The van der Waals surface area contributed by atoms with Crippen LogP contribution < -0.4 is 11.1 Å². The van der Waals surface area contributed by atoms with Gasteiger partial charge in [0, 0.05) is 26.7 Å². The van der Waals surface area contributed by atoms with E-state index in [-0.39, 0.29) is 19.7 Å². The summed E-state index contributed by atoms with van der Waals surface area (Å²) in [5.41, 5.74) is 5.13. The number of nitrogens with two attached hydrogens (primary N) is 1. The molecule has 0 spiro atoms. The first kappa shape index (κ1) is 11.9. The van der Waals surface area contributed by atoms with E-state index in [0.29, 0.717) is 6.54 Å². The fourth-order valence-corrected chi connectivity index (χ4v) is 0.686. The first-order valence-electron chi connectivity index (χ1n) is 3.97. The van der Waals surface area contributed by atoms with Crippen LogP contribution in [0.15, 0.2) is 0 Å². The monoisotopic (exact) mass is 189 g/mol. The molecular formula is C7H15N3O3. The Morgan fingerprint density at radius 3 is 2.62 bits per heavy atom. The average Bonchev–Trinajstić information content (AvgIpc) is 2.13. The predicted molar refractivity (Wildman–Crippen MR) is 46.8 cm³/mol. The highest BCUT2D eigenvalue weighted by Crippen LogP contribution is 1.83. The maximum Gasteiger partial charge on any atom is 0.311 e. The quantitative estimate of drug-likeness (QED) is 0.426. The largest absolute Gasteiger partial charge is 0.395 e. The van der Waals surface area contributed by atoms with Crippen LogP contribution in [0, 0.1) is 0 Å². The number of amides is 2. The molecule has 0 aliphatic heterocycles. The minimum absolute atomic E-state index is 0.148. The molecule has 0 aliphatic rings. The second kappa shape index (κ2) is 6.38. The number of nitrogens with zero attached hydrogens (tertiary/aromatic N) is 1. The van der Waals surface area contributed by atoms with Crippen molar-refractivity contribution in [1.82, 2.24) is 10.2 Å². The number of hydrogen-bond donors (Lipinski definition) is 3. The molecule has 0 aromatic heterocycles. The molecule has 0 rings (SSSR count). The fourth-order valence-electron chi connectivity index (χ4n) is 0.686. The van der Waals surface area contributed by atoms with Gasteiger partial charge in [-0.2, -0.15) is 0 Å². The number of carbonyl (C=O) groups is 2. The molecule has 13 heavy (non-hydrogen) atoms. The summed E-state index contributed by atoms with van der Waals surface area (Å²) in [7, 11) is 1.45. The zero-order chi connectivity index (χ0) is 10.3. The van der Waals surface area contributed by atoms with Gasteiger partial charge in [0.05, 0.1) is 6.61 Å². The lowest BCUT2D eigenvalue weighted by atomic mass is 10.4. The Labute approximate surface area is 76.7 Å². The molecule has 0 saturated carbocycles. The molecule has 0 fully saturated rings. The maximum atomic E-state index is 11.1. The van der Waals surface area contributed by atoms with Crippen LogP contribution in [0.3, 0.4) is 0 Å². The number of aliphatic hydroxyl groups is 1. The Hall–Kier alpha value is -1.14. The van der Waals surface area contributed by atoms with Crippen LogP contribution in [-0.2, 0) is 9.59 Å². The molecule has 0 unspecified atom stereocenters. The molecule has 0 aliphatic carbocycles. The van der Waals surface area contributed by atoms with E-state index in [9.17, 15) is 9.59 Å². The van der Waals surface area contributed by atoms with E-state index in [0.717, 1.165) is 4.90 Å². The van der Waals surface area contributed by atoms with Gasteiger partial charge >= 0.3 is 11.8 Å². The molecule has 76 valence electrons. The van der Waals surface area contributed by atoms with Crippen molar-refractivity contribution >= 4 is 11.8 Å². The number of carbonyl (C=O) groups excluding carboxylic acids is 2. The SMILES string of the molecule is CN(CCO)C(=O)C(=O)NCCN. The van der Waals surface area contributed by atoms with Gasteiger partial charge in [0.15, 0.2) is 0 Å². The number of hydrogen-bond acceptors (Lipinski definition) is 4. The van der Waals surface area contributed by atoms with Crippen LogP contribution in [0.2, 0.25) is 0 Å². The van der Waals surface area contributed by atoms with E-state index < -0.39 is 11.8 Å². The van der Waals surface area contributed by atoms with Gasteiger partial charge in [0.1, 0.15) is 0 Å². The zero-order valence-electron chi connectivity index (χ0n) is 7.62. The van der Waals surface area contributed by atoms with E-state index >= 15 is 0 Å². The van der Waals surface area contributed by atoms with Crippen molar-refractivity contribution < 1.29 is 14.7 Å². The van der Waals surface area contributed by atoms with Gasteiger partial charge in [0.2, 0.25) is 0 Å². The third-order valence-electron chi connectivity index (χ3n) is 1.41. The third kappa shape index (κ3) is 4.44. The Morgan fingerprint density at radius 1 is 1.54 bits per heavy atom. The van der Waals surface area contributed by atoms with Crippen LogP contribution in [0.5, 0.6) is 0 Å². The number of nitrogens with one attached hydrogen (secondary N) is 1. The summed E-state index contributed by atoms with van der Waals surface area (Å²) in [6.45, 7) is 0.557. The van der Waals surface area contributed by atoms with Crippen molar-refractivity contribution in [2.45, 2.75) is 0 Å². The predicted octanol–water partition coefficient (Wildman–Crippen LogP) is -2.49. The van der Waals surface area contributed by atoms with Gasteiger partial charge in [-0.3, -0.25) is 9.59 Å². The molecule has 0 atom stereocenters. The standard InChI is InChI=1S/C7H15N3O3/c1-10(4-5-11)7(13)6(12)9-3-2-8/h11H,2-5,8H2,1H3,(H,9,12). The van der Waals surface area contributed by atoms with Crippen molar-refractivity contribution in [1.29, 1.82) is 0 Å². The third-order valence-corrected chi connectivity index (χ3v) is 1.41. The van der Waals surface area contributed by atoms with Gasteiger partial charge in [-0.1, -0.05) is 0 Å². The van der Waals surface area contributed by atoms with E-state index in [1.54, 1.807) is 0 Å². The second-order valence-electron chi connectivity index (χ2n) is 2.49.